The van der Waals surface area contributed by atoms with Crippen LogP contribution in [0.2, 0.25) is 0 Å². The maximum atomic E-state index is 10.6. The monoisotopic (exact) mass is 242 g/mol. The number of phenolic OH excluding ortho intramolecular Hbond substituents is 1. The number of hydrogen-bond donors (Lipinski definition) is 4. The predicted molar refractivity (Wildman–Crippen MR) is 59.4 cm³/mol. The van der Waals surface area contributed by atoms with E-state index in [4.69, 9.17) is 5.73 Å². The second-order valence-electron chi connectivity index (χ2n) is 3.59. The normalized spacial score (nSPS) is 14.3. The molecular weight excluding hydrogens is 228 g/mol. The van der Waals surface area contributed by atoms with Crippen molar-refractivity contribution in [3.8, 4) is 5.75 Å². The van der Waals surface area contributed by atoms with Crippen molar-refractivity contribution in [3.05, 3.63) is 33.9 Å². The molecule has 0 aliphatic rings. The Labute approximate surface area is 97.3 Å². The summed E-state index contributed by atoms with van der Waals surface area (Å²) in [6.45, 7) is 0.193. The summed E-state index contributed by atoms with van der Waals surface area (Å²) in [5.74, 6) is -0.487. The second kappa shape index (κ2) is 5.58. The fourth-order valence-corrected chi connectivity index (χ4v) is 1.42. The molecule has 0 spiro atoms. The largest absolute Gasteiger partial charge is 0.502 e. The van der Waals surface area contributed by atoms with Crippen LogP contribution >= 0.6 is 0 Å². The molecule has 0 saturated heterocycles. The van der Waals surface area contributed by atoms with Crippen LogP contribution < -0.4 is 5.73 Å². The average molecular weight is 242 g/mol. The average Bonchev–Trinajstić information content (AvgIpc) is 2.28. The highest BCUT2D eigenvalue weighted by Gasteiger charge is 2.21. The van der Waals surface area contributed by atoms with E-state index in [1.54, 1.807) is 0 Å². The van der Waals surface area contributed by atoms with E-state index in [1.165, 1.54) is 6.07 Å². The molecule has 17 heavy (non-hydrogen) atoms. The van der Waals surface area contributed by atoms with Gasteiger partial charge >= 0.3 is 5.69 Å². The van der Waals surface area contributed by atoms with Crippen molar-refractivity contribution in [2.75, 3.05) is 6.54 Å². The van der Waals surface area contributed by atoms with Crippen LogP contribution in [0.25, 0.3) is 0 Å². The number of nitrogens with two attached hydrogens (primary N) is 1. The van der Waals surface area contributed by atoms with Crippen molar-refractivity contribution in [2.24, 2.45) is 5.73 Å². The quantitative estimate of drug-likeness (QED) is 0.426. The predicted octanol–water partition coefficient (Wildman–Crippen LogP) is 0.0435. The number of aliphatic hydroxyl groups excluding tert-OH is 2. The molecule has 5 N–H and O–H groups in total. The van der Waals surface area contributed by atoms with Crippen LogP contribution in [0.5, 0.6) is 5.75 Å². The molecule has 1 rings (SSSR count). The number of nitro benzene ring substituents is 1. The molecule has 0 amide bonds. The molecule has 0 fully saturated rings. The molecule has 0 heterocycles. The SMILES string of the molecule is NCCC(O)C(O)c1ccc(O)c([N+](=O)[O-])c1. The minimum atomic E-state index is -1.27. The molecule has 0 aromatic heterocycles. The maximum absolute atomic E-state index is 10.6. The Hall–Kier alpha value is -1.70. The summed E-state index contributed by atoms with van der Waals surface area (Å²) in [6.07, 6.45) is -2.18. The Bertz CT molecular complexity index is 410. The molecule has 0 aliphatic heterocycles. The first-order valence-corrected chi connectivity index (χ1v) is 5.01. The smallest absolute Gasteiger partial charge is 0.311 e. The van der Waals surface area contributed by atoms with Crippen molar-refractivity contribution in [2.45, 2.75) is 18.6 Å². The number of aromatic hydroxyl groups is 1. The highest BCUT2D eigenvalue weighted by atomic mass is 16.6. The van der Waals surface area contributed by atoms with E-state index in [0.29, 0.717) is 0 Å². The van der Waals surface area contributed by atoms with Crippen LogP contribution in [0.3, 0.4) is 0 Å². The van der Waals surface area contributed by atoms with Gasteiger partial charge in [0.25, 0.3) is 0 Å². The van der Waals surface area contributed by atoms with E-state index in [-0.39, 0.29) is 18.5 Å². The van der Waals surface area contributed by atoms with Gasteiger partial charge in [0.05, 0.1) is 11.0 Å². The highest BCUT2D eigenvalue weighted by Crippen LogP contribution is 2.30. The van der Waals surface area contributed by atoms with Gasteiger partial charge in [0, 0.05) is 6.07 Å². The summed E-state index contributed by atoms with van der Waals surface area (Å²) in [4.78, 5) is 9.81. The van der Waals surface area contributed by atoms with Gasteiger partial charge in [-0.2, -0.15) is 0 Å². The number of rotatable bonds is 5. The number of aliphatic hydroxyl groups is 2. The number of nitrogens with zero attached hydrogens (tertiary/aromatic N) is 1. The zero-order chi connectivity index (χ0) is 13.0. The highest BCUT2D eigenvalue weighted by molar-refractivity contribution is 5.48. The Morgan fingerprint density at radius 3 is 2.59 bits per heavy atom. The number of phenols is 1. The van der Waals surface area contributed by atoms with Crippen molar-refractivity contribution in [3.63, 3.8) is 0 Å². The van der Waals surface area contributed by atoms with Gasteiger partial charge < -0.3 is 21.1 Å². The molecule has 0 bridgehead atoms. The topological polar surface area (TPSA) is 130 Å². The lowest BCUT2D eigenvalue weighted by molar-refractivity contribution is -0.386. The molecule has 0 saturated carbocycles. The van der Waals surface area contributed by atoms with Gasteiger partial charge in [0.1, 0.15) is 6.10 Å². The molecule has 0 aliphatic carbocycles. The Morgan fingerprint density at radius 1 is 1.41 bits per heavy atom. The minimum absolute atomic E-state index is 0.162. The van der Waals surface area contributed by atoms with Crippen molar-refractivity contribution in [1.82, 2.24) is 0 Å². The van der Waals surface area contributed by atoms with Crippen LogP contribution in [0.15, 0.2) is 18.2 Å². The third-order valence-electron chi connectivity index (χ3n) is 2.36. The van der Waals surface area contributed by atoms with E-state index in [1.807, 2.05) is 0 Å². The zero-order valence-electron chi connectivity index (χ0n) is 8.98. The van der Waals surface area contributed by atoms with E-state index >= 15 is 0 Å². The molecule has 2 atom stereocenters. The first-order valence-electron chi connectivity index (χ1n) is 5.01. The third kappa shape index (κ3) is 3.13. The molecule has 7 heteroatoms. The Kier molecular flexibility index (Phi) is 4.38. The summed E-state index contributed by atoms with van der Waals surface area (Å²) < 4.78 is 0. The summed E-state index contributed by atoms with van der Waals surface area (Å²) in [7, 11) is 0. The van der Waals surface area contributed by atoms with Gasteiger partial charge in [-0.05, 0) is 24.6 Å². The summed E-state index contributed by atoms with van der Waals surface area (Å²) >= 11 is 0. The summed E-state index contributed by atoms with van der Waals surface area (Å²) in [5, 5.41) is 39.0. The lowest BCUT2D eigenvalue weighted by Gasteiger charge is -2.17. The van der Waals surface area contributed by atoms with E-state index < -0.39 is 28.6 Å². The van der Waals surface area contributed by atoms with Gasteiger partial charge in [-0.3, -0.25) is 10.1 Å². The van der Waals surface area contributed by atoms with Crippen LogP contribution in [0.1, 0.15) is 18.1 Å². The molecule has 2 unspecified atom stereocenters. The molecule has 7 nitrogen and oxygen atoms in total. The van der Waals surface area contributed by atoms with Gasteiger partial charge in [-0.1, -0.05) is 6.07 Å². The van der Waals surface area contributed by atoms with Crippen LogP contribution in [0, 0.1) is 10.1 Å². The van der Waals surface area contributed by atoms with Crippen molar-refractivity contribution >= 4 is 5.69 Å². The lowest BCUT2D eigenvalue weighted by Crippen LogP contribution is -2.21. The summed E-state index contributed by atoms with van der Waals surface area (Å²) in [6, 6.07) is 3.44. The van der Waals surface area contributed by atoms with E-state index in [2.05, 4.69) is 0 Å². The van der Waals surface area contributed by atoms with Crippen LogP contribution in [0.4, 0.5) is 5.69 Å². The zero-order valence-corrected chi connectivity index (χ0v) is 8.98. The third-order valence-corrected chi connectivity index (χ3v) is 2.36. The van der Waals surface area contributed by atoms with Gasteiger partial charge in [0.2, 0.25) is 0 Å². The second-order valence-corrected chi connectivity index (χ2v) is 3.59. The number of hydrogen-bond acceptors (Lipinski definition) is 6. The Balaban J connectivity index is 2.99. The van der Waals surface area contributed by atoms with Crippen molar-refractivity contribution in [1.29, 1.82) is 0 Å². The standard InChI is InChI=1S/C10H14N2O5/c11-4-3-9(14)10(15)6-1-2-8(13)7(5-6)12(16)17/h1-2,5,9-10,13-15H,3-4,11H2. The fraction of sp³-hybridized carbons (Fsp3) is 0.400. The van der Waals surface area contributed by atoms with Gasteiger partial charge in [0.15, 0.2) is 5.75 Å². The molecular formula is C10H14N2O5. The first-order chi connectivity index (χ1) is 7.97. The number of nitro groups is 1. The summed E-state index contributed by atoms with van der Waals surface area (Å²) in [5.41, 5.74) is 4.88. The lowest BCUT2D eigenvalue weighted by atomic mass is 10.0. The van der Waals surface area contributed by atoms with Crippen LogP contribution in [-0.2, 0) is 0 Å². The molecule has 0 radical (unpaired) electrons. The first kappa shape index (κ1) is 13.4. The van der Waals surface area contributed by atoms with E-state index in [0.717, 1.165) is 12.1 Å². The molecule has 1 aromatic carbocycles. The minimum Gasteiger partial charge on any atom is -0.502 e. The van der Waals surface area contributed by atoms with Crippen LogP contribution in [-0.4, -0.2) is 32.9 Å². The fourth-order valence-electron chi connectivity index (χ4n) is 1.42. The van der Waals surface area contributed by atoms with Gasteiger partial charge in [-0.25, -0.2) is 0 Å². The van der Waals surface area contributed by atoms with Gasteiger partial charge in [-0.15, -0.1) is 0 Å². The molecule has 94 valence electrons. The van der Waals surface area contributed by atoms with Crippen molar-refractivity contribution < 1.29 is 20.2 Å². The maximum Gasteiger partial charge on any atom is 0.311 e. The Morgan fingerprint density at radius 2 is 2.06 bits per heavy atom. The number of benzene rings is 1. The molecule has 1 aromatic rings. The van der Waals surface area contributed by atoms with E-state index in [9.17, 15) is 25.4 Å².